The summed E-state index contributed by atoms with van der Waals surface area (Å²) in [4.78, 5) is 18.7. The number of nitrogens with zero attached hydrogens (tertiary/aromatic N) is 3. The number of amides is 1. The molecule has 0 spiro atoms. The number of rotatable bonds is 8. The second-order valence-corrected chi connectivity index (χ2v) is 16.9. The normalized spacial score (nSPS) is 16.0. The van der Waals surface area contributed by atoms with E-state index in [4.69, 9.17) is 9.47 Å². The van der Waals surface area contributed by atoms with Gasteiger partial charge in [-0.1, -0.05) is 19.6 Å². The van der Waals surface area contributed by atoms with Gasteiger partial charge in [0.25, 0.3) is 0 Å². The Labute approximate surface area is 194 Å². The van der Waals surface area contributed by atoms with Crippen molar-refractivity contribution in [3.8, 4) is 0 Å². The highest BCUT2D eigenvalue weighted by atomic mass is 28.3. The predicted molar refractivity (Wildman–Crippen MR) is 133 cm³/mol. The van der Waals surface area contributed by atoms with Crippen LogP contribution in [0.1, 0.15) is 45.6 Å². The van der Waals surface area contributed by atoms with Gasteiger partial charge >= 0.3 is 6.09 Å². The highest BCUT2D eigenvalue weighted by molar-refractivity contribution is 6.76. The molecule has 2 aromatic rings. The van der Waals surface area contributed by atoms with E-state index in [0.717, 1.165) is 51.0 Å². The van der Waals surface area contributed by atoms with Crippen LogP contribution in [0.4, 0.5) is 4.79 Å². The van der Waals surface area contributed by atoms with Gasteiger partial charge in [0.2, 0.25) is 0 Å². The number of piperidine rings is 1. The number of ether oxygens (including phenoxy) is 2. The average molecular weight is 460 g/mol. The summed E-state index contributed by atoms with van der Waals surface area (Å²) in [5.74, 6) is 0.642. The molecule has 0 atom stereocenters. The summed E-state index contributed by atoms with van der Waals surface area (Å²) in [7, 11) is -1.07. The van der Waals surface area contributed by atoms with Gasteiger partial charge in [0, 0.05) is 45.6 Å². The molecule has 6 nitrogen and oxygen atoms in total. The first-order chi connectivity index (χ1) is 15.0. The van der Waals surface area contributed by atoms with Gasteiger partial charge in [-0.3, -0.25) is 0 Å². The molecule has 178 valence electrons. The highest BCUT2D eigenvalue weighted by Crippen LogP contribution is 2.26. The van der Waals surface area contributed by atoms with E-state index in [1.54, 1.807) is 0 Å². The molecule has 3 rings (SSSR count). The molecule has 0 saturated carbocycles. The summed E-state index contributed by atoms with van der Waals surface area (Å²) in [6.07, 6.45) is 8.09. The summed E-state index contributed by atoms with van der Waals surface area (Å²) in [6, 6.07) is 5.50. The summed E-state index contributed by atoms with van der Waals surface area (Å²) in [6.45, 7) is 15.8. The van der Waals surface area contributed by atoms with Gasteiger partial charge in [-0.25, -0.2) is 9.78 Å². The molecule has 3 heterocycles. The van der Waals surface area contributed by atoms with Crippen LogP contribution in [0, 0.1) is 5.92 Å². The van der Waals surface area contributed by atoms with Crippen molar-refractivity contribution in [3.63, 3.8) is 0 Å². The third-order valence-corrected chi connectivity index (χ3v) is 7.77. The Bertz CT molecular complexity index is 890. The molecule has 1 amide bonds. The third-order valence-electron chi connectivity index (χ3n) is 6.07. The van der Waals surface area contributed by atoms with Crippen LogP contribution in [0.5, 0.6) is 0 Å². The minimum atomic E-state index is -1.07. The minimum absolute atomic E-state index is 0.180. The SMILES string of the molecule is CC(C)(C)OC(=O)N1CCC(CCc2ccnc3c2ccn3COCC[Si](C)(C)C)CC1. The molecule has 0 aromatic carbocycles. The first kappa shape index (κ1) is 24.8. The van der Waals surface area contributed by atoms with Gasteiger partial charge < -0.3 is 18.9 Å². The lowest BCUT2D eigenvalue weighted by Gasteiger charge is -2.33. The fraction of sp³-hybridized carbons (Fsp3) is 0.680. The second kappa shape index (κ2) is 10.4. The van der Waals surface area contributed by atoms with E-state index in [0.29, 0.717) is 12.6 Å². The molecule has 1 fully saturated rings. The van der Waals surface area contributed by atoms with Crippen molar-refractivity contribution in [2.75, 3.05) is 19.7 Å². The molecule has 7 heteroatoms. The first-order valence-corrected chi connectivity index (χ1v) is 15.7. The molecule has 32 heavy (non-hydrogen) atoms. The maximum absolute atomic E-state index is 12.3. The third kappa shape index (κ3) is 7.34. The van der Waals surface area contributed by atoms with Crippen LogP contribution in [0.25, 0.3) is 11.0 Å². The van der Waals surface area contributed by atoms with Crippen LogP contribution < -0.4 is 0 Å². The van der Waals surface area contributed by atoms with E-state index < -0.39 is 13.7 Å². The highest BCUT2D eigenvalue weighted by Gasteiger charge is 2.26. The van der Waals surface area contributed by atoms with Gasteiger partial charge in [-0.05, 0) is 76.1 Å². The van der Waals surface area contributed by atoms with Crippen molar-refractivity contribution in [3.05, 3.63) is 30.1 Å². The van der Waals surface area contributed by atoms with E-state index in [1.807, 2.05) is 31.9 Å². The molecule has 1 saturated heterocycles. The minimum Gasteiger partial charge on any atom is -0.444 e. The smallest absolute Gasteiger partial charge is 0.410 e. The van der Waals surface area contributed by atoms with Gasteiger partial charge in [0.05, 0.1) is 0 Å². The van der Waals surface area contributed by atoms with Crippen LogP contribution >= 0.6 is 0 Å². The number of pyridine rings is 1. The van der Waals surface area contributed by atoms with Gasteiger partial charge in [0.15, 0.2) is 0 Å². The van der Waals surface area contributed by atoms with Gasteiger partial charge in [0.1, 0.15) is 18.0 Å². The van der Waals surface area contributed by atoms with Crippen LogP contribution in [0.15, 0.2) is 24.5 Å². The number of hydrogen-bond acceptors (Lipinski definition) is 4. The molecule has 0 radical (unpaired) electrons. The lowest BCUT2D eigenvalue weighted by Crippen LogP contribution is -2.41. The largest absolute Gasteiger partial charge is 0.444 e. The Hall–Kier alpha value is -1.86. The summed E-state index contributed by atoms with van der Waals surface area (Å²) in [5, 5.41) is 1.23. The second-order valence-electron chi connectivity index (χ2n) is 11.3. The van der Waals surface area contributed by atoms with E-state index in [1.165, 1.54) is 17.0 Å². The van der Waals surface area contributed by atoms with Crippen LogP contribution in [0.3, 0.4) is 0 Å². The maximum Gasteiger partial charge on any atom is 0.410 e. The molecule has 2 aromatic heterocycles. The maximum atomic E-state index is 12.3. The van der Waals surface area contributed by atoms with Crippen molar-refractivity contribution in [2.45, 2.75) is 84.5 Å². The molecule has 0 bridgehead atoms. The predicted octanol–water partition coefficient (Wildman–Crippen LogP) is 5.93. The zero-order valence-electron chi connectivity index (χ0n) is 20.8. The van der Waals surface area contributed by atoms with Crippen LogP contribution in [0.2, 0.25) is 25.7 Å². The number of aromatic nitrogens is 2. The number of carbonyl (C=O) groups is 1. The van der Waals surface area contributed by atoms with Crippen molar-refractivity contribution in [1.29, 1.82) is 0 Å². The van der Waals surface area contributed by atoms with Crippen molar-refractivity contribution < 1.29 is 14.3 Å². The summed E-state index contributed by atoms with van der Waals surface area (Å²) < 4.78 is 13.6. The van der Waals surface area contributed by atoms with Crippen LogP contribution in [-0.2, 0) is 22.6 Å². The molecule has 0 aliphatic carbocycles. The zero-order chi connectivity index (χ0) is 23.4. The van der Waals surface area contributed by atoms with Gasteiger partial charge in [-0.2, -0.15) is 0 Å². The molecule has 1 aliphatic heterocycles. The van der Waals surface area contributed by atoms with Crippen molar-refractivity contribution in [1.82, 2.24) is 14.5 Å². The van der Waals surface area contributed by atoms with Gasteiger partial charge in [-0.15, -0.1) is 0 Å². The summed E-state index contributed by atoms with van der Waals surface area (Å²) in [5.41, 5.74) is 1.93. The molecule has 0 unspecified atom stereocenters. The van der Waals surface area contributed by atoms with E-state index in [2.05, 4.69) is 47.5 Å². The standard InChI is InChI=1S/C25H41N3O3Si/c1-25(2,3)31-24(29)27-14-10-20(11-15-27)7-8-21-9-13-26-23-22(21)12-16-28(23)19-30-17-18-32(4,5)6/h9,12-13,16,20H,7-8,10-11,14-15,17-19H2,1-6H3. The monoisotopic (exact) mass is 459 g/mol. The fourth-order valence-electron chi connectivity index (χ4n) is 4.10. The van der Waals surface area contributed by atoms with Crippen molar-refractivity contribution in [2.24, 2.45) is 5.92 Å². The fourth-order valence-corrected chi connectivity index (χ4v) is 4.86. The van der Waals surface area contributed by atoms with E-state index in [-0.39, 0.29) is 6.09 Å². The molecule has 1 aliphatic rings. The molecule has 0 N–H and O–H groups in total. The summed E-state index contributed by atoms with van der Waals surface area (Å²) >= 11 is 0. The number of likely N-dealkylation sites (tertiary alicyclic amines) is 1. The lowest BCUT2D eigenvalue weighted by atomic mass is 9.90. The number of carbonyl (C=O) groups excluding carboxylic acids is 1. The topological polar surface area (TPSA) is 56.6 Å². The molecular weight excluding hydrogens is 418 g/mol. The molecular formula is C25H41N3O3Si. The van der Waals surface area contributed by atoms with E-state index >= 15 is 0 Å². The Morgan fingerprint density at radius 1 is 1.19 bits per heavy atom. The number of fused-ring (bicyclic) bond motifs is 1. The lowest BCUT2D eigenvalue weighted by molar-refractivity contribution is 0.0181. The average Bonchev–Trinajstić information content (AvgIpc) is 3.12. The van der Waals surface area contributed by atoms with E-state index in [9.17, 15) is 4.79 Å². The Morgan fingerprint density at radius 2 is 1.91 bits per heavy atom. The Balaban J connectivity index is 1.50. The number of hydrogen-bond donors (Lipinski definition) is 0. The number of aryl methyl sites for hydroxylation is 1. The quantitative estimate of drug-likeness (QED) is 0.363. The zero-order valence-corrected chi connectivity index (χ0v) is 21.8. The van der Waals surface area contributed by atoms with Crippen molar-refractivity contribution >= 4 is 25.2 Å². The first-order valence-electron chi connectivity index (χ1n) is 12.0. The Kier molecular flexibility index (Phi) is 8.04. The van der Waals surface area contributed by atoms with Crippen LogP contribution in [-0.4, -0.2) is 53.9 Å². The Morgan fingerprint density at radius 3 is 2.56 bits per heavy atom.